The van der Waals surface area contributed by atoms with E-state index in [0.29, 0.717) is 5.95 Å². The van der Waals surface area contributed by atoms with Crippen LogP contribution in [0.3, 0.4) is 0 Å². The summed E-state index contributed by atoms with van der Waals surface area (Å²) >= 11 is 0. The lowest BCUT2D eigenvalue weighted by Gasteiger charge is -2.28. The van der Waals surface area contributed by atoms with E-state index in [1.807, 2.05) is 44.2 Å². The molecule has 0 bridgehead atoms. The lowest BCUT2D eigenvalue weighted by atomic mass is 10.2. The van der Waals surface area contributed by atoms with Gasteiger partial charge in [0.25, 0.3) is 5.95 Å². The van der Waals surface area contributed by atoms with E-state index in [-0.39, 0.29) is 0 Å². The fraction of sp³-hybridized carbons (Fsp3) is 0.261. The second-order valence-corrected chi connectivity index (χ2v) is 7.50. The van der Waals surface area contributed by atoms with Crippen LogP contribution < -0.4 is 10.2 Å². The number of benzene rings is 2. The molecule has 0 unspecified atom stereocenters. The van der Waals surface area contributed by atoms with Gasteiger partial charge in [0, 0.05) is 35.5 Å². The number of nitrogens with one attached hydrogen (secondary N) is 1. The lowest BCUT2D eigenvalue weighted by Crippen LogP contribution is -2.36. The van der Waals surface area contributed by atoms with Gasteiger partial charge in [0.05, 0.1) is 24.4 Å². The predicted molar refractivity (Wildman–Crippen MR) is 119 cm³/mol. The van der Waals surface area contributed by atoms with E-state index in [1.165, 1.54) is 5.69 Å². The highest BCUT2D eigenvalue weighted by molar-refractivity contribution is 5.91. The van der Waals surface area contributed by atoms with Crippen molar-refractivity contribution in [2.45, 2.75) is 13.8 Å². The first-order chi connectivity index (χ1) is 14.7. The zero-order valence-electron chi connectivity index (χ0n) is 17.2. The number of nitrogens with zero attached hydrogens (tertiary/aromatic N) is 5. The molecule has 1 aliphatic heterocycles. The van der Waals surface area contributed by atoms with E-state index in [0.717, 1.165) is 60.1 Å². The summed E-state index contributed by atoms with van der Waals surface area (Å²) in [4.78, 5) is 11.9. The second kappa shape index (κ2) is 7.76. The number of fused-ring (bicyclic) bond motifs is 1. The minimum absolute atomic E-state index is 0.562. The number of rotatable bonds is 4. The van der Waals surface area contributed by atoms with Crippen LogP contribution >= 0.6 is 0 Å². The van der Waals surface area contributed by atoms with Crippen LogP contribution in [0.25, 0.3) is 16.9 Å². The normalized spacial score (nSPS) is 14.3. The lowest BCUT2D eigenvalue weighted by molar-refractivity contribution is 0.122. The number of anilines is 3. The van der Waals surface area contributed by atoms with Crippen molar-refractivity contribution in [1.29, 1.82) is 0 Å². The van der Waals surface area contributed by atoms with Gasteiger partial charge in [-0.05, 0) is 56.3 Å². The number of morpholine rings is 1. The number of aryl methyl sites for hydroxylation is 2. The second-order valence-electron chi connectivity index (χ2n) is 7.50. The Morgan fingerprint density at radius 2 is 1.70 bits per heavy atom. The van der Waals surface area contributed by atoms with Crippen molar-refractivity contribution in [2.75, 3.05) is 36.5 Å². The molecular weight excluding hydrogens is 376 g/mol. The molecule has 2 aromatic carbocycles. The summed E-state index contributed by atoms with van der Waals surface area (Å²) in [6.07, 6.45) is 0. The van der Waals surface area contributed by atoms with Crippen molar-refractivity contribution >= 4 is 28.1 Å². The molecule has 5 rings (SSSR count). The van der Waals surface area contributed by atoms with Crippen LogP contribution in [0, 0.1) is 13.8 Å². The molecule has 1 fully saturated rings. The first kappa shape index (κ1) is 18.6. The zero-order chi connectivity index (χ0) is 20.5. The third-order valence-corrected chi connectivity index (χ3v) is 5.30. The molecule has 0 aliphatic carbocycles. The van der Waals surface area contributed by atoms with Gasteiger partial charge in [0.15, 0.2) is 0 Å². The van der Waals surface area contributed by atoms with Gasteiger partial charge in [0.1, 0.15) is 5.82 Å². The fourth-order valence-electron chi connectivity index (χ4n) is 3.80. The molecule has 0 saturated carbocycles. The quantitative estimate of drug-likeness (QED) is 0.558. The first-order valence-electron chi connectivity index (χ1n) is 10.2. The van der Waals surface area contributed by atoms with Crippen LogP contribution in [0.2, 0.25) is 0 Å². The van der Waals surface area contributed by atoms with E-state index in [9.17, 15) is 0 Å². The summed E-state index contributed by atoms with van der Waals surface area (Å²) in [7, 11) is 0. The molecule has 1 saturated heterocycles. The van der Waals surface area contributed by atoms with Gasteiger partial charge in [-0.15, -0.1) is 0 Å². The Morgan fingerprint density at radius 3 is 2.43 bits per heavy atom. The minimum Gasteiger partial charge on any atom is -0.378 e. The van der Waals surface area contributed by atoms with Gasteiger partial charge in [-0.25, -0.2) is 9.67 Å². The Bertz CT molecular complexity index is 1180. The highest BCUT2D eigenvalue weighted by atomic mass is 16.5. The molecule has 0 radical (unpaired) electrons. The average Bonchev–Trinajstić information content (AvgIpc) is 3.13. The number of ether oxygens (including phenoxy) is 1. The molecule has 7 heteroatoms. The van der Waals surface area contributed by atoms with Crippen LogP contribution in [0.5, 0.6) is 0 Å². The highest BCUT2D eigenvalue weighted by Gasteiger charge is 2.13. The Morgan fingerprint density at radius 1 is 0.933 bits per heavy atom. The first-order valence-corrected chi connectivity index (χ1v) is 10.2. The van der Waals surface area contributed by atoms with E-state index >= 15 is 0 Å². The number of para-hydroxylation sites is 1. The summed E-state index contributed by atoms with van der Waals surface area (Å²) in [5.41, 5.74) is 5.01. The van der Waals surface area contributed by atoms with Crippen LogP contribution in [-0.2, 0) is 4.74 Å². The topological polar surface area (TPSA) is 68.1 Å². The maximum Gasteiger partial charge on any atom is 0.253 e. The van der Waals surface area contributed by atoms with Crippen LogP contribution in [0.15, 0.2) is 54.6 Å². The smallest absolute Gasteiger partial charge is 0.253 e. The summed E-state index contributed by atoms with van der Waals surface area (Å²) in [6.45, 7) is 7.39. The molecule has 0 amide bonds. The highest BCUT2D eigenvalue weighted by Crippen LogP contribution is 2.27. The predicted octanol–water partition coefficient (Wildman–Crippen LogP) is 4.01. The van der Waals surface area contributed by atoms with Gasteiger partial charge in [-0.3, -0.25) is 0 Å². The molecule has 3 heterocycles. The van der Waals surface area contributed by atoms with Crippen LogP contribution in [-0.4, -0.2) is 46.1 Å². The Balaban J connectivity index is 1.49. The van der Waals surface area contributed by atoms with Crippen molar-refractivity contribution in [1.82, 2.24) is 19.7 Å². The summed E-state index contributed by atoms with van der Waals surface area (Å²) < 4.78 is 7.23. The molecule has 0 spiro atoms. The van der Waals surface area contributed by atoms with Gasteiger partial charge in [0.2, 0.25) is 0 Å². The third-order valence-electron chi connectivity index (χ3n) is 5.30. The molecule has 152 valence electrons. The van der Waals surface area contributed by atoms with Crippen LogP contribution in [0.4, 0.5) is 17.2 Å². The summed E-state index contributed by atoms with van der Waals surface area (Å²) in [5, 5.41) is 9.00. The largest absolute Gasteiger partial charge is 0.378 e. The molecule has 1 N–H and O–H groups in total. The third kappa shape index (κ3) is 3.59. The van der Waals surface area contributed by atoms with Gasteiger partial charge >= 0.3 is 0 Å². The number of hydrogen-bond donors (Lipinski definition) is 1. The molecule has 2 aromatic heterocycles. The van der Waals surface area contributed by atoms with Crippen molar-refractivity contribution in [3.63, 3.8) is 0 Å². The molecule has 0 atom stereocenters. The van der Waals surface area contributed by atoms with Crippen molar-refractivity contribution in [2.24, 2.45) is 0 Å². The van der Waals surface area contributed by atoms with Crippen molar-refractivity contribution in [3.05, 3.63) is 66.0 Å². The average molecular weight is 400 g/mol. The Hall–Kier alpha value is -3.45. The molecule has 1 aliphatic rings. The van der Waals surface area contributed by atoms with E-state index in [4.69, 9.17) is 14.7 Å². The number of aromatic nitrogens is 4. The van der Waals surface area contributed by atoms with Crippen LogP contribution in [0.1, 0.15) is 11.4 Å². The summed E-state index contributed by atoms with van der Waals surface area (Å²) in [6, 6.07) is 18.5. The zero-order valence-corrected chi connectivity index (χ0v) is 17.2. The summed E-state index contributed by atoms with van der Waals surface area (Å²) in [5.74, 6) is 1.33. The monoisotopic (exact) mass is 400 g/mol. The molecule has 4 aromatic rings. The number of hydrogen-bond acceptors (Lipinski definition) is 6. The Labute approximate surface area is 175 Å². The molecular formula is C23H24N6O. The minimum atomic E-state index is 0.562. The van der Waals surface area contributed by atoms with Gasteiger partial charge < -0.3 is 15.0 Å². The SMILES string of the molecule is Cc1cc(C)n(-c2nc(Nc3ccc(N4CCOCC4)cc3)c3ccccc3n2)n1. The molecule has 7 nitrogen and oxygen atoms in total. The fourth-order valence-corrected chi connectivity index (χ4v) is 3.80. The van der Waals surface area contributed by atoms with E-state index < -0.39 is 0 Å². The standard InChI is InChI=1S/C23H24N6O/c1-16-15-17(2)29(27-16)23-25-21-6-4-3-5-20(21)22(26-23)24-18-7-9-19(10-8-18)28-11-13-30-14-12-28/h3-10,15H,11-14H2,1-2H3,(H,24,25,26). The maximum atomic E-state index is 5.45. The van der Waals surface area contributed by atoms with Crippen molar-refractivity contribution < 1.29 is 4.74 Å². The maximum absolute atomic E-state index is 5.45. The van der Waals surface area contributed by atoms with Gasteiger partial charge in [-0.1, -0.05) is 12.1 Å². The van der Waals surface area contributed by atoms with Crippen molar-refractivity contribution in [3.8, 4) is 5.95 Å². The molecule has 30 heavy (non-hydrogen) atoms. The Kier molecular flexibility index (Phi) is 4.80. The van der Waals surface area contributed by atoms with Gasteiger partial charge in [-0.2, -0.15) is 10.1 Å². The van der Waals surface area contributed by atoms with E-state index in [2.05, 4.69) is 39.6 Å². The van der Waals surface area contributed by atoms with E-state index in [1.54, 1.807) is 4.68 Å².